The van der Waals surface area contributed by atoms with Gasteiger partial charge in [0.15, 0.2) is 11.0 Å². The maximum atomic E-state index is 12.0. The van der Waals surface area contributed by atoms with Crippen molar-refractivity contribution >= 4 is 17.7 Å². The number of rotatable bonds is 9. The van der Waals surface area contributed by atoms with Crippen LogP contribution in [0, 0.1) is 0 Å². The Bertz CT molecular complexity index is 712. The van der Waals surface area contributed by atoms with Crippen LogP contribution in [0.25, 0.3) is 11.4 Å². The van der Waals surface area contributed by atoms with Crippen LogP contribution in [0.1, 0.15) is 20.3 Å². The molecule has 0 bridgehead atoms. The summed E-state index contributed by atoms with van der Waals surface area (Å²) in [5, 5.41) is 12.2. The van der Waals surface area contributed by atoms with Crippen molar-refractivity contribution in [3.63, 3.8) is 0 Å². The van der Waals surface area contributed by atoms with Crippen molar-refractivity contribution in [1.82, 2.24) is 20.1 Å². The van der Waals surface area contributed by atoms with E-state index in [1.807, 2.05) is 42.7 Å². The summed E-state index contributed by atoms with van der Waals surface area (Å²) in [4.78, 5) is 12.0. The predicted octanol–water partition coefficient (Wildman–Crippen LogP) is 3.15. The maximum Gasteiger partial charge on any atom is 0.230 e. The molecular weight excluding hydrogens is 336 g/mol. The molecule has 0 saturated carbocycles. The molecule has 6 nitrogen and oxygen atoms in total. The minimum atomic E-state index is -0.00139. The van der Waals surface area contributed by atoms with Gasteiger partial charge in [-0.3, -0.25) is 9.36 Å². The van der Waals surface area contributed by atoms with Crippen LogP contribution in [-0.2, 0) is 11.3 Å². The minimum Gasteiger partial charge on any atom is -0.497 e. The number of carbonyl (C=O) groups excluding carboxylic acids is 1. The number of nitrogens with one attached hydrogen (secondary N) is 1. The van der Waals surface area contributed by atoms with Crippen molar-refractivity contribution in [1.29, 1.82) is 0 Å². The number of hydrogen-bond acceptors (Lipinski definition) is 5. The molecule has 0 fully saturated rings. The van der Waals surface area contributed by atoms with Crippen LogP contribution in [0.15, 0.2) is 42.1 Å². The highest BCUT2D eigenvalue weighted by molar-refractivity contribution is 7.99. The Morgan fingerprint density at radius 3 is 2.72 bits per heavy atom. The van der Waals surface area contributed by atoms with Crippen LogP contribution in [-0.4, -0.2) is 39.6 Å². The summed E-state index contributed by atoms with van der Waals surface area (Å²) in [5.74, 6) is 1.84. The summed E-state index contributed by atoms with van der Waals surface area (Å²) in [7, 11) is 1.63. The molecule has 1 aromatic heterocycles. The number of allylic oxidation sites excluding steroid dienone is 1. The Balaban J connectivity index is 2.15. The average Bonchev–Trinajstić information content (AvgIpc) is 3.03. The molecule has 134 valence electrons. The van der Waals surface area contributed by atoms with Crippen LogP contribution in [0.2, 0.25) is 0 Å². The van der Waals surface area contributed by atoms with Crippen LogP contribution >= 0.6 is 11.8 Å². The van der Waals surface area contributed by atoms with Gasteiger partial charge in [-0.15, -0.1) is 16.8 Å². The number of ether oxygens (including phenoxy) is 1. The molecule has 0 aliphatic carbocycles. The zero-order chi connectivity index (χ0) is 18.2. The molecule has 0 saturated heterocycles. The van der Waals surface area contributed by atoms with E-state index in [2.05, 4.69) is 22.1 Å². The monoisotopic (exact) mass is 360 g/mol. The van der Waals surface area contributed by atoms with E-state index < -0.39 is 0 Å². The lowest BCUT2D eigenvalue weighted by Crippen LogP contribution is -2.33. The fourth-order valence-corrected chi connectivity index (χ4v) is 2.95. The maximum absolute atomic E-state index is 12.0. The second-order valence-corrected chi connectivity index (χ2v) is 6.54. The Morgan fingerprint density at radius 1 is 1.40 bits per heavy atom. The fourth-order valence-electron chi connectivity index (χ4n) is 2.19. The smallest absolute Gasteiger partial charge is 0.230 e. The summed E-state index contributed by atoms with van der Waals surface area (Å²) in [6.07, 6.45) is 2.70. The van der Waals surface area contributed by atoms with E-state index >= 15 is 0 Å². The van der Waals surface area contributed by atoms with Crippen molar-refractivity contribution in [3.8, 4) is 17.1 Å². The number of amides is 1. The van der Waals surface area contributed by atoms with Crippen molar-refractivity contribution in [2.75, 3.05) is 12.9 Å². The summed E-state index contributed by atoms with van der Waals surface area (Å²) in [5.41, 5.74) is 0.936. The molecule has 0 aliphatic rings. The molecule has 0 spiro atoms. The normalized spacial score (nSPS) is 11.8. The van der Waals surface area contributed by atoms with E-state index in [-0.39, 0.29) is 11.9 Å². The first-order chi connectivity index (χ1) is 12.1. The zero-order valence-corrected chi connectivity index (χ0v) is 15.7. The molecule has 1 N–H and O–H groups in total. The van der Waals surface area contributed by atoms with E-state index in [1.165, 1.54) is 11.8 Å². The third kappa shape index (κ3) is 5.09. The standard InChI is InChI=1S/C18H24N4O2S/c1-5-11-22-17(14-7-9-15(24-4)10-8-14)20-21-18(22)25-12-16(23)19-13(3)6-2/h5,7-10,13H,1,6,11-12H2,2-4H3,(H,19,23). The summed E-state index contributed by atoms with van der Waals surface area (Å²) in [6.45, 7) is 8.40. The molecule has 2 aromatic rings. The highest BCUT2D eigenvalue weighted by Gasteiger charge is 2.15. The highest BCUT2D eigenvalue weighted by atomic mass is 32.2. The van der Waals surface area contributed by atoms with Crippen LogP contribution < -0.4 is 10.1 Å². The highest BCUT2D eigenvalue weighted by Crippen LogP contribution is 2.25. The molecule has 1 atom stereocenters. The van der Waals surface area contributed by atoms with Crippen LogP contribution in [0.3, 0.4) is 0 Å². The Kier molecular flexibility index (Phi) is 7.06. The molecule has 1 amide bonds. The largest absolute Gasteiger partial charge is 0.497 e. The first-order valence-electron chi connectivity index (χ1n) is 8.19. The summed E-state index contributed by atoms with van der Waals surface area (Å²) >= 11 is 1.38. The second kappa shape index (κ2) is 9.27. The lowest BCUT2D eigenvalue weighted by Gasteiger charge is -2.11. The van der Waals surface area contributed by atoms with Gasteiger partial charge in [0.2, 0.25) is 5.91 Å². The Hall–Kier alpha value is -2.28. The number of nitrogens with zero attached hydrogens (tertiary/aromatic N) is 3. The van der Waals surface area contributed by atoms with Crippen LogP contribution in [0.4, 0.5) is 0 Å². The number of hydrogen-bond donors (Lipinski definition) is 1. The molecule has 25 heavy (non-hydrogen) atoms. The van der Waals surface area contributed by atoms with Crippen molar-refractivity contribution in [3.05, 3.63) is 36.9 Å². The van der Waals surface area contributed by atoms with Gasteiger partial charge in [0.05, 0.1) is 12.9 Å². The molecule has 7 heteroatoms. The van der Waals surface area contributed by atoms with Gasteiger partial charge in [0.1, 0.15) is 5.75 Å². The van der Waals surface area contributed by atoms with Gasteiger partial charge in [-0.05, 0) is 37.6 Å². The Labute approximate surface area is 152 Å². The van der Waals surface area contributed by atoms with Crippen LogP contribution in [0.5, 0.6) is 5.75 Å². The second-order valence-electron chi connectivity index (χ2n) is 5.60. The molecule has 2 rings (SSSR count). The van der Waals surface area contributed by atoms with Gasteiger partial charge < -0.3 is 10.1 Å². The minimum absolute atomic E-state index is 0.00139. The van der Waals surface area contributed by atoms with Gasteiger partial charge in [0.25, 0.3) is 0 Å². The summed E-state index contributed by atoms with van der Waals surface area (Å²) in [6, 6.07) is 7.82. The molecule has 1 unspecified atom stereocenters. The zero-order valence-electron chi connectivity index (χ0n) is 14.9. The third-order valence-electron chi connectivity index (χ3n) is 3.73. The van der Waals surface area contributed by atoms with Crippen molar-refractivity contribution in [2.24, 2.45) is 0 Å². The quantitative estimate of drug-likeness (QED) is 0.549. The van der Waals surface area contributed by atoms with Gasteiger partial charge in [-0.25, -0.2) is 0 Å². The third-order valence-corrected chi connectivity index (χ3v) is 4.70. The van der Waals surface area contributed by atoms with Gasteiger partial charge in [0, 0.05) is 18.2 Å². The number of carbonyl (C=O) groups is 1. The number of aromatic nitrogens is 3. The van der Waals surface area contributed by atoms with Gasteiger partial charge in [-0.2, -0.15) is 0 Å². The lowest BCUT2D eigenvalue weighted by atomic mass is 10.2. The van der Waals surface area contributed by atoms with E-state index in [9.17, 15) is 4.79 Å². The van der Waals surface area contributed by atoms with E-state index in [0.29, 0.717) is 17.5 Å². The SMILES string of the molecule is C=CCn1c(SCC(=O)NC(C)CC)nnc1-c1ccc(OC)cc1. The fraction of sp³-hybridized carbons (Fsp3) is 0.389. The summed E-state index contributed by atoms with van der Waals surface area (Å²) < 4.78 is 7.14. The van der Waals surface area contributed by atoms with E-state index in [4.69, 9.17) is 4.74 Å². The first-order valence-corrected chi connectivity index (χ1v) is 9.18. The van der Waals surface area contributed by atoms with Gasteiger partial charge in [-0.1, -0.05) is 24.8 Å². The van der Waals surface area contributed by atoms with Crippen molar-refractivity contribution in [2.45, 2.75) is 38.0 Å². The number of methoxy groups -OCH3 is 1. The van der Waals surface area contributed by atoms with Gasteiger partial charge >= 0.3 is 0 Å². The molecule has 1 aromatic carbocycles. The lowest BCUT2D eigenvalue weighted by molar-refractivity contribution is -0.119. The first kappa shape index (κ1) is 19.1. The molecule has 0 aliphatic heterocycles. The van der Waals surface area contributed by atoms with Crippen molar-refractivity contribution < 1.29 is 9.53 Å². The van der Waals surface area contributed by atoms with E-state index in [1.54, 1.807) is 13.2 Å². The predicted molar refractivity (Wildman–Crippen MR) is 101 cm³/mol. The molecule has 1 heterocycles. The molecule has 0 radical (unpaired) electrons. The molecular formula is C18H24N4O2S. The van der Waals surface area contributed by atoms with E-state index in [0.717, 1.165) is 23.6 Å². The Morgan fingerprint density at radius 2 is 2.12 bits per heavy atom. The average molecular weight is 360 g/mol. The number of benzene rings is 1. The number of thioether (sulfide) groups is 1. The topological polar surface area (TPSA) is 69.0 Å².